The van der Waals surface area contributed by atoms with Crippen LogP contribution in [0.3, 0.4) is 0 Å². The maximum atomic E-state index is 11.0. The Morgan fingerprint density at radius 2 is 1.59 bits per heavy atom. The zero-order chi connectivity index (χ0) is 20.0. The first-order valence-corrected chi connectivity index (χ1v) is 9.37. The Balaban J connectivity index is 1.86. The maximum absolute atomic E-state index is 11.0. The van der Waals surface area contributed by atoms with Gasteiger partial charge in [0.25, 0.3) is 0 Å². The number of phenolic OH excluding ortho intramolecular Hbond substituents is 1. The molecule has 0 atom stereocenters. The topological polar surface area (TPSA) is 69.8 Å². The molecule has 0 unspecified atom stereocenters. The summed E-state index contributed by atoms with van der Waals surface area (Å²) in [6.45, 7) is 1.84. The lowest BCUT2D eigenvalue weighted by molar-refractivity contribution is 0.212. The van der Waals surface area contributed by atoms with E-state index >= 15 is 0 Å². The Kier molecular flexibility index (Phi) is 3.88. The quantitative estimate of drug-likeness (QED) is 0.131. The largest absolute Gasteiger partial charge is 0.508 e. The molecule has 5 rings (SSSR count). The average molecular weight is 381 g/mol. The van der Waals surface area contributed by atoms with Gasteiger partial charge in [-0.1, -0.05) is 48.5 Å². The fraction of sp³-hybridized carbons (Fsp3) is 0.0417. The number of nitrogens with zero attached hydrogens (tertiary/aromatic N) is 2. The highest BCUT2D eigenvalue weighted by molar-refractivity contribution is 6.08. The van der Waals surface area contributed by atoms with Gasteiger partial charge in [-0.25, -0.2) is 0 Å². The van der Waals surface area contributed by atoms with Gasteiger partial charge >= 0.3 is 0 Å². The predicted molar refractivity (Wildman–Crippen MR) is 116 cm³/mol. The summed E-state index contributed by atoms with van der Waals surface area (Å²) in [7, 11) is 0. The summed E-state index contributed by atoms with van der Waals surface area (Å²) in [6, 6.07) is 24.9. The number of aryl methyl sites for hydroxylation is 1. The van der Waals surface area contributed by atoms with Crippen molar-refractivity contribution in [3.63, 3.8) is 0 Å². The van der Waals surface area contributed by atoms with Gasteiger partial charge < -0.3 is 10.3 Å². The van der Waals surface area contributed by atoms with Crippen LogP contribution in [0.25, 0.3) is 32.6 Å². The second kappa shape index (κ2) is 6.56. The lowest BCUT2D eigenvalue weighted by atomic mass is 10.0. The van der Waals surface area contributed by atoms with Gasteiger partial charge in [-0.05, 0) is 48.2 Å². The molecule has 4 aromatic carbocycles. The first-order valence-electron chi connectivity index (χ1n) is 9.37. The van der Waals surface area contributed by atoms with Gasteiger partial charge in [-0.2, -0.15) is 9.83 Å². The normalized spacial score (nSPS) is 12.1. The van der Waals surface area contributed by atoms with Crippen LogP contribution >= 0.6 is 0 Å². The summed E-state index contributed by atoms with van der Waals surface area (Å²) in [4.78, 5) is 0. The fourth-order valence-electron chi connectivity index (χ4n) is 3.76. The van der Waals surface area contributed by atoms with E-state index in [2.05, 4.69) is 5.43 Å². The number of anilines is 1. The van der Waals surface area contributed by atoms with Crippen LogP contribution in [-0.4, -0.2) is 15.0 Å². The monoisotopic (exact) mass is 381 g/mol. The molecule has 0 bridgehead atoms. The molecule has 142 valence electrons. The molecule has 1 heterocycles. The molecule has 0 aliphatic rings. The average Bonchev–Trinajstić information content (AvgIpc) is 2.75. The van der Waals surface area contributed by atoms with Crippen LogP contribution in [0.15, 0.2) is 84.0 Å². The number of pyridine rings is 1. The lowest BCUT2D eigenvalue weighted by Crippen LogP contribution is -2.13. The van der Waals surface area contributed by atoms with Crippen molar-refractivity contribution in [2.75, 3.05) is 5.43 Å². The van der Waals surface area contributed by atoms with Crippen molar-refractivity contribution in [2.45, 2.75) is 6.92 Å². The van der Waals surface area contributed by atoms with Crippen molar-refractivity contribution in [3.8, 4) is 5.75 Å². The van der Waals surface area contributed by atoms with Crippen LogP contribution < -0.4 is 10.8 Å². The number of nitrogens with one attached hydrogen (secondary N) is 1. The minimum absolute atomic E-state index is 0.249. The number of benzene rings is 4. The Morgan fingerprint density at radius 1 is 0.828 bits per heavy atom. The second-order valence-corrected chi connectivity index (χ2v) is 7.09. The van der Waals surface area contributed by atoms with Gasteiger partial charge in [0, 0.05) is 16.2 Å². The molecule has 0 radical (unpaired) electrons. The Bertz CT molecular complexity index is 1470. The Morgan fingerprint density at radius 3 is 2.41 bits per heavy atom. The standard InChI is InChI=1S/C24H19N3O2/c1-15-14-17(11-13-22(15)28)25-26-23-19-8-4-5-9-21(19)27(29)24-18-7-3-2-6-16(18)10-12-20(23)24/h2-14,25,28-29H,1H3. The van der Waals surface area contributed by atoms with E-state index in [0.29, 0.717) is 11.0 Å². The summed E-state index contributed by atoms with van der Waals surface area (Å²) in [5, 5.41) is 29.9. The van der Waals surface area contributed by atoms with Gasteiger partial charge in [0.15, 0.2) is 0 Å². The summed E-state index contributed by atoms with van der Waals surface area (Å²) in [5.41, 5.74) is 6.04. The third kappa shape index (κ3) is 2.75. The van der Waals surface area contributed by atoms with Crippen LogP contribution in [0.1, 0.15) is 5.56 Å². The number of rotatable bonds is 2. The SMILES string of the molecule is Cc1cc(NN=c2c3ccccc3n(O)c3c2ccc2ccccc23)ccc1O. The molecule has 0 amide bonds. The first kappa shape index (κ1) is 17.1. The molecule has 1 aromatic heterocycles. The molecule has 0 fully saturated rings. The highest BCUT2D eigenvalue weighted by Crippen LogP contribution is 2.26. The molecule has 0 aliphatic heterocycles. The first-order chi connectivity index (χ1) is 14.1. The van der Waals surface area contributed by atoms with E-state index in [9.17, 15) is 10.3 Å². The Hall–Kier alpha value is -3.99. The fourth-order valence-corrected chi connectivity index (χ4v) is 3.76. The van der Waals surface area contributed by atoms with Crippen LogP contribution in [0.2, 0.25) is 0 Å². The highest BCUT2D eigenvalue weighted by Gasteiger charge is 2.12. The van der Waals surface area contributed by atoms with E-state index < -0.39 is 0 Å². The number of aromatic hydroxyl groups is 1. The zero-order valence-electron chi connectivity index (χ0n) is 15.8. The molecular weight excluding hydrogens is 362 g/mol. The molecule has 3 N–H and O–H groups in total. The third-order valence-corrected chi connectivity index (χ3v) is 5.25. The van der Waals surface area contributed by atoms with Gasteiger partial charge in [-0.15, -0.1) is 0 Å². The van der Waals surface area contributed by atoms with Crippen LogP contribution in [0, 0.1) is 6.92 Å². The van der Waals surface area contributed by atoms with Crippen molar-refractivity contribution < 1.29 is 10.3 Å². The zero-order valence-corrected chi connectivity index (χ0v) is 15.8. The van der Waals surface area contributed by atoms with Crippen molar-refractivity contribution in [1.82, 2.24) is 4.73 Å². The lowest BCUT2D eigenvalue weighted by Gasteiger charge is -2.13. The molecule has 0 saturated carbocycles. The van der Waals surface area contributed by atoms with E-state index in [1.54, 1.807) is 12.1 Å². The maximum Gasteiger partial charge on any atom is 0.118 e. The van der Waals surface area contributed by atoms with Crippen molar-refractivity contribution in [3.05, 3.63) is 89.8 Å². The third-order valence-electron chi connectivity index (χ3n) is 5.25. The second-order valence-electron chi connectivity index (χ2n) is 7.09. The number of para-hydroxylation sites is 1. The minimum Gasteiger partial charge on any atom is -0.508 e. The summed E-state index contributed by atoms with van der Waals surface area (Å²) in [6.07, 6.45) is 0. The van der Waals surface area contributed by atoms with Crippen molar-refractivity contribution in [2.24, 2.45) is 5.10 Å². The minimum atomic E-state index is 0.249. The van der Waals surface area contributed by atoms with Crippen LogP contribution in [0.5, 0.6) is 5.75 Å². The van der Waals surface area contributed by atoms with Crippen LogP contribution in [0.4, 0.5) is 5.69 Å². The van der Waals surface area contributed by atoms with Crippen molar-refractivity contribution in [1.29, 1.82) is 0 Å². The molecule has 5 aromatic rings. The van der Waals surface area contributed by atoms with Gasteiger partial charge in [-0.3, -0.25) is 5.43 Å². The van der Waals surface area contributed by atoms with Gasteiger partial charge in [0.05, 0.1) is 16.7 Å². The smallest absolute Gasteiger partial charge is 0.118 e. The summed E-state index contributed by atoms with van der Waals surface area (Å²) in [5.74, 6) is 0.249. The summed E-state index contributed by atoms with van der Waals surface area (Å²) < 4.78 is 1.25. The van der Waals surface area contributed by atoms with E-state index in [-0.39, 0.29) is 5.75 Å². The number of aromatic nitrogens is 1. The highest BCUT2D eigenvalue weighted by atomic mass is 16.5. The van der Waals surface area contributed by atoms with Gasteiger partial charge in [0.2, 0.25) is 0 Å². The van der Waals surface area contributed by atoms with E-state index in [4.69, 9.17) is 5.10 Å². The van der Waals surface area contributed by atoms with E-state index in [1.807, 2.05) is 73.7 Å². The van der Waals surface area contributed by atoms with E-state index in [1.165, 1.54) is 4.73 Å². The number of hydrogen-bond donors (Lipinski definition) is 3. The molecule has 0 saturated heterocycles. The molecule has 5 heteroatoms. The van der Waals surface area contributed by atoms with Crippen LogP contribution in [-0.2, 0) is 0 Å². The molecule has 29 heavy (non-hydrogen) atoms. The molecular formula is C24H19N3O2. The van der Waals surface area contributed by atoms with Gasteiger partial charge in [0.1, 0.15) is 11.1 Å². The van der Waals surface area contributed by atoms with E-state index in [0.717, 1.165) is 38.2 Å². The number of fused-ring (bicyclic) bond motifs is 4. The summed E-state index contributed by atoms with van der Waals surface area (Å²) >= 11 is 0. The molecule has 5 nitrogen and oxygen atoms in total. The number of phenols is 1. The van der Waals surface area contributed by atoms with Crippen molar-refractivity contribution >= 4 is 38.3 Å². The Labute approximate surface area is 166 Å². The molecule has 0 aliphatic carbocycles. The predicted octanol–water partition coefficient (Wildman–Crippen LogP) is 5.13. The molecule has 0 spiro atoms. The number of hydrogen-bond acceptors (Lipinski definition) is 4.